The van der Waals surface area contributed by atoms with Crippen LogP contribution in [0, 0.1) is 13.8 Å². The Morgan fingerprint density at radius 3 is 2.69 bits per heavy atom. The molecule has 4 nitrogen and oxygen atoms in total. The highest BCUT2D eigenvalue weighted by atomic mass is 15.4. The van der Waals surface area contributed by atoms with Crippen LogP contribution in [0.3, 0.4) is 0 Å². The molecule has 0 aliphatic carbocycles. The molecule has 0 bridgehead atoms. The van der Waals surface area contributed by atoms with Gasteiger partial charge in [0.05, 0.1) is 18.4 Å². The second-order valence-corrected chi connectivity index (χ2v) is 4.03. The molecule has 0 saturated carbocycles. The van der Waals surface area contributed by atoms with E-state index in [4.69, 9.17) is 5.73 Å². The van der Waals surface area contributed by atoms with Gasteiger partial charge in [0.15, 0.2) is 0 Å². The molecular weight excluding hydrogens is 200 g/mol. The van der Waals surface area contributed by atoms with Crippen LogP contribution in [-0.2, 0) is 13.1 Å². The number of hydrogen-bond donors (Lipinski definition) is 1. The summed E-state index contributed by atoms with van der Waals surface area (Å²) >= 11 is 0. The SMILES string of the molecule is Cc1ccc(Cn2cc(CN)nn2)cc1C. The van der Waals surface area contributed by atoms with E-state index in [9.17, 15) is 0 Å². The van der Waals surface area contributed by atoms with Crippen LogP contribution in [0.15, 0.2) is 24.4 Å². The third kappa shape index (κ3) is 2.28. The van der Waals surface area contributed by atoms with E-state index >= 15 is 0 Å². The molecule has 1 aromatic heterocycles. The topological polar surface area (TPSA) is 56.7 Å². The summed E-state index contributed by atoms with van der Waals surface area (Å²) in [5, 5.41) is 7.98. The predicted molar refractivity (Wildman–Crippen MR) is 62.9 cm³/mol. The molecule has 2 rings (SSSR count). The van der Waals surface area contributed by atoms with Crippen LogP contribution in [0.5, 0.6) is 0 Å². The fourth-order valence-electron chi connectivity index (χ4n) is 1.60. The molecule has 84 valence electrons. The van der Waals surface area contributed by atoms with E-state index in [1.54, 1.807) is 0 Å². The lowest BCUT2D eigenvalue weighted by molar-refractivity contribution is 0.649. The Bertz CT molecular complexity index is 488. The highest BCUT2D eigenvalue weighted by molar-refractivity contribution is 5.29. The quantitative estimate of drug-likeness (QED) is 0.843. The fraction of sp³-hybridized carbons (Fsp3) is 0.333. The van der Waals surface area contributed by atoms with E-state index < -0.39 is 0 Å². The molecule has 2 aromatic rings. The Hall–Kier alpha value is -1.68. The van der Waals surface area contributed by atoms with Crippen molar-refractivity contribution in [1.29, 1.82) is 0 Å². The molecule has 2 N–H and O–H groups in total. The average molecular weight is 216 g/mol. The minimum Gasteiger partial charge on any atom is -0.325 e. The Kier molecular flexibility index (Phi) is 3.01. The number of rotatable bonds is 3. The van der Waals surface area contributed by atoms with Crippen molar-refractivity contribution in [3.63, 3.8) is 0 Å². The van der Waals surface area contributed by atoms with E-state index in [0.29, 0.717) is 6.54 Å². The van der Waals surface area contributed by atoms with Crippen molar-refractivity contribution in [2.24, 2.45) is 5.73 Å². The Morgan fingerprint density at radius 1 is 1.25 bits per heavy atom. The number of hydrogen-bond acceptors (Lipinski definition) is 3. The zero-order valence-corrected chi connectivity index (χ0v) is 9.64. The molecule has 0 aliphatic rings. The van der Waals surface area contributed by atoms with Gasteiger partial charge in [0.25, 0.3) is 0 Å². The predicted octanol–water partition coefficient (Wildman–Crippen LogP) is 1.40. The van der Waals surface area contributed by atoms with Crippen molar-refractivity contribution in [2.75, 3.05) is 0 Å². The standard InChI is InChI=1S/C12H16N4/c1-9-3-4-11(5-10(9)2)7-16-8-12(6-13)14-15-16/h3-5,8H,6-7,13H2,1-2H3. The molecule has 0 fully saturated rings. The van der Waals surface area contributed by atoms with E-state index in [0.717, 1.165) is 12.2 Å². The summed E-state index contributed by atoms with van der Waals surface area (Å²) in [7, 11) is 0. The van der Waals surface area contributed by atoms with Crippen LogP contribution >= 0.6 is 0 Å². The third-order valence-corrected chi connectivity index (χ3v) is 2.71. The smallest absolute Gasteiger partial charge is 0.0962 e. The lowest BCUT2D eigenvalue weighted by Gasteiger charge is -2.04. The summed E-state index contributed by atoms with van der Waals surface area (Å²) in [6, 6.07) is 6.43. The molecule has 0 unspecified atom stereocenters. The average Bonchev–Trinajstić information content (AvgIpc) is 2.71. The lowest BCUT2D eigenvalue weighted by Crippen LogP contribution is -2.01. The summed E-state index contributed by atoms with van der Waals surface area (Å²) in [5.74, 6) is 0. The zero-order chi connectivity index (χ0) is 11.5. The molecule has 0 saturated heterocycles. The Morgan fingerprint density at radius 2 is 2.06 bits per heavy atom. The van der Waals surface area contributed by atoms with Crippen molar-refractivity contribution in [2.45, 2.75) is 26.9 Å². The minimum absolute atomic E-state index is 0.437. The molecule has 0 spiro atoms. The minimum atomic E-state index is 0.437. The number of nitrogens with two attached hydrogens (primary N) is 1. The van der Waals surface area contributed by atoms with Gasteiger partial charge in [0.1, 0.15) is 0 Å². The van der Waals surface area contributed by atoms with Gasteiger partial charge in [-0.05, 0) is 30.5 Å². The monoisotopic (exact) mass is 216 g/mol. The first-order valence-electron chi connectivity index (χ1n) is 5.34. The van der Waals surface area contributed by atoms with Gasteiger partial charge in [-0.3, -0.25) is 0 Å². The largest absolute Gasteiger partial charge is 0.325 e. The normalized spacial score (nSPS) is 10.7. The van der Waals surface area contributed by atoms with E-state index in [2.05, 4.69) is 42.4 Å². The van der Waals surface area contributed by atoms with Gasteiger partial charge in [-0.2, -0.15) is 0 Å². The number of aromatic nitrogens is 3. The maximum absolute atomic E-state index is 5.48. The highest BCUT2D eigenvalue weighted by Gasteiger charge is 2.01. The van der Waals surface area contributed by atoms with E-state index in [-0.39, 0.29) is 0 Å². The molecular formula is C12H16N4. The van der Waals surface area contributed by atoms with Crippen LogP contribution in [0.2, 0.25) is 0 Å². The molecule has 1 aromatic carbocycles. The van der Waals surface area contributed by atoms with Crippen molar-refractivity contribution >= 4 is 0 Å². The molecule has 0 amide bonds. The zero-order valence-electron chi connectivity index (χ0n) is 9.64. The second kappa shape index (κ2) is 4.45. The van der Waals surface area contributed by atoms with Crippen molar-refractivity contribution in [1.82, 2.24) is 15.0 Å². The van der Waals surface area contributed by atoms with Gasteiger partial charge >= 0.3 is 0 Å². The van der Waals surface area contributed by atoms with Gasteiger partial charge in [0, 0.05) is 6.54 Å². The molecule has 1 heterocycles. The van der Waals surface area contributed by atoms with Crippen molar-refractivity contribution in [3.05, 3.63) is 46.8 Å². The Labute approximate surface area is 95.1 Å². The first-order valence-corrected chi connectivity index (χ1v) is 5.34. The second-order valence-electron chi connectivity index (χ2n) is 4.03. The van der Waals surface area contributed by atoms with Gasteiger partial charge in [-0.1, -0.05) is 23.4 Å². The third-order valence-electron chi connectivity index (χ3n) is 2.71. The Balaban J connectivity index is 2.17. The van der Waals surface area contributed by atoms with Gasteiger partial charge in [-0.25, -0.2) is 4.68 Å². The maximum Gasteiger partial charge on any atom is 0.0962 e. The van der Waals surface area contributed by atoms with Crippen molar-refractivity contribution < 1.29 is 0 Å². The highest BCUT2D eigenvalue weighted by Crippen LogP contribution is 2.10. The van der Waals surface area contributed by atoms with E-state index in [1.807, 2.05) is 10.9 Å². The van der Waals surface area contributed by atoms with Gasteiger partial charge < -0.3 is 5.73 Å². The van der Waals surface area contributed by atoms with Crippen LogP contribution in [0.1, 0.15) is 22.4 Å². The number of nitrogens with zero attached hydrogens (tertiary/aromatic N) is 3. The van der Waals surface area contributed by atoms with Gasteiger partial charge in [0.2, 0.25) is 0 Å². The summed E-state index contributed by atoms with van der Waals surface area (Å²) in [6.45, 7) is 5.41. The van der Waals surface area contributed by atoms with Crippen LogP contribution in [0.4, 0.5) is 0 Å². The summed E-state index contributed by atoms with van der Waals surface area (Å²) in [4.78, 5) is 0. The molecule has 0 aliphatic heterocycles. The van der Waals surface area contributed by atoms with Crippen molar-refractivity contribution in [3.8, 4) is 0 Å². The summed E-state index contributed by atoms with van der Waals surface area (Å²) in [5.41, 5.74) is 10.2. The van der Waals surface area contributed by atoms with Crippen LogP contribution in [-0.4, -0.2) is 15.0 Å². The van der Waals surface area contributed by atoms with E-state index in [1.165, 1.54) is 16.7 Å². The summed E-state index contributed by atoms with van der Waals surface area (Å²) < 4.78 is 1.81. The molecule has 0 atom stereocenters. The lowest BCUT2D eigenvalue weighted by atomic mass is 10.1. The van der Waals surface area contributed by atoms with Gasteiger partial charge in [-0.15, -0.1) is 5.10 Å². The van der Waals surface area contributed by atoms with Crippen LogP contribution in [0.25, 0.3) is 0 Å². The summed E-state index contributed by atoms with van der Waals surface area (Å²) in [6.07, 6.45) is 1.88. The fourth-order valence-corrected chi connectivity index (χ4v) is 1.60. The number of benzene rings is 1. The molecule has 4 heteroatoms. The first kappa shape index (κ1) is 10.8. The van der Waals surface area contributed by atoms with Crippen LogP contribution < -0.4 is 5.73 Å². The first-order chi connectivity index (χ1) is 7.69. The maximum atomic E-state index is 5.48. The molecule has 0 radical (unpaired) electrons. The molecule has 16 heavy (non-hydrogen) atoms. The number of aryl methyl sites for hydroxylation is 2.